The lowest BCUT2D eigenvalue weighted by atomic mass is 9.91. The maximum absolute atomic E-state index is 14.4. The predicted octanol–water partition coefficient (Wildman–Crippen LogP) is 4.57. The molecule has 1 amide bonds. The lowest BCUT2D eigenvalue weighted by Gasteiger charge is -2.37. The number of methoxy groups -OCH3 is 2. The number of carbonyl (C=O) groups excluding carboxylic acids is 1. The van der Waals surface area contributed by atoms with Gasteiger partial charge in [-0.15, -0.1) is 0 Å². The molecule has 3 aromatic rings. The van der Waals surface area contributed by atoms with Crippen molar-refractivity contribution in [3.63, 3.8) is 0 Å². The molecule has 0 saturated carbocycles. The van der Waals surface area contributed by atoms with Crippen LogP contribution in [-0.2, 0) is 6.42 Å². The van der Waals surface area contributed by atoms with Crippen molar-refractivity contribution in [1.29, 1.82) is 0 Å². The molecular formula is C25H23FN2O6. The average Bonchev–Trinajstić information content (AvgIpc) is 2.86. The van der Waals surface area contributed by atoms with Crippen LogP contribution in [0.25, 0.3) is 0 Å². The quantitative estimate of drug-likeness (QED) is 0.374. The summed E-state index contributed by atoms with van der Waals surface area (Å²) in [5.74, 6) is 0.444. The van der Waals surface area contributed by atoms with Crippen molar-refractivity contribution >= 4 is 11.6 Å². The Labute approximate surface area is 195 Å². The van der Waals surface area contributed by atoms with E-state index in [0.29, 0.717) is 30.2 Å². The summed E-state index contributed by atoms with van der Waals surface area (Å²) >= 11 is 0. The molecule has 4 rings (SSSR count). The molecule has 0 radical (unpaired) electrons. The van der Waals surface area contributed by atoms with Crippen molar-refractivity contribution in [3.05, 3.63) is 93.3 Å². The minimum atomic E-state index is -0.597. The van der Waals surface area contributed by atoms with Gasteiger partial charge in [0.25, 0.3) is 11.6 Å². The monoisotopic (exact) mass is 466 g/mol. The van der Waals surface area contributed by atoms with Gasteiger partial charge < -0.3 is 19.1 Å². The molecule has 34 heavy (non-hydrogen) atoms. The van der Waals surface area contributed by atoms with Gasteiger partial charge in [0.1, 0.15) is 18.2 Å². The Morgan fingerprint density at radius 3 is 2.41 bits per heavy atom. The molecule has 1 heterocycles. The first kappa shape index (κ1) is 23.0. The fourth-order valence-corrected chi connectivity index (χ4v) is 4.08. The molecule has 0 fully saturated rings. The van der Waals surface area contributed by atoms with E-state index in [1.165, 1.54) is 49.6 Å². The normalized spacial score (nSPS) is 14.8. The number of nitro groups is 1. The number of non-ortho nitro benzene ring substituents is 1. The Hall–Kier alpha value is -4.14. The number of amides is 1. The Kier molecular flexibility index (Phi) is 6.62. The predicted molar refractivity (Wildman–Crippen MR) is 122 cm³/mol. The summed E-state index contributed by atoms with van der Waals surface area (Å²) in [6.45, 7) is 0.407. The van der Waals surface area contributed by atoms with Crippen molar-refractivity contribution in [2.24, 2.45) is 0 Å². The van der Waals surface area contributed by atoms with Crippen molar-refractivity contribution in [2.45, 2.75) is 12.5 Å². The number of hydrogen-bond acceptors (Lipinski definition) is 6. The number of ether oxygens (including phenoxy) is 3. The lowest BCUT2D eigenvalue weighted by Crippen LogP contribution is -2.43. The lowest BCUT2D eigenvalue weighted by molar-refractivity contribution is -0.384. The summed E-state index contributed by atoms with van der Waals surface area (Å²) in [5, 5.41) is 10.9. The van der Waals surface area contributed by atoms with E-state index in [1.54, 1.807) is 24.1 Å². The molecule has 0 aliphatic carbocycles. The Bertz CT molecular complexity index is 1210. The van der Waals surface area contributed by atoms with Crippen molar-refractivity contribution < 1.29 is 28.3 Å². The van der Waals surface area contributed by atoms with Crippen LogP contribution in [0.2, 0.25) is 0 Å². The summed E-state index contributed by atoms with van der Waals surface area (Å²) in [7, 11) is 3.08. The number of rotatable bonds is 7. The highest BCUT2D eigenvalue weighted by Crippen LogP contribution is 2.39. The second-order valence-electron chi connectivity index (χ2n) is 7.71. The number of fused-ring (bicyclic) bond motifs is 1. The van der Waals surface area contributed by atoms with E-state index < -0.39 is 22.7 Å². The molecule has 1 atom stereocenters. The van der Waals surface area contributed by atoms with Crippen LogP contribution in [0.5, 0.6) is 17.2 Å². The van der Waals surface area contributed by atoms with Gasteiger partial charge in [0.15, 0.2) is 11.5 Å². The van der Waals surface area contributed by atoms with E-state index in [-0.39, 0.29) is 17.9 Å². The van der Waals surface area contributed by atoms with E-state index in [4.69, 9.17) is 14.2 Å². The standard InChI is InChI=1S/C25H23FN2O6/c1-32-23-13-16-11-12-27(25(29)19-5-3-4-6-21(19)26)22(20(16)14-24(23)33-2)15-34-18-9-7-17(8-10-18)28(30)31/h3-10,13-14,22H,11-12,15H2,1-2H3/t22-/m1/s1. The van der Waals surface area contributed by atoms with E-state index in [1.807, 2.05) is 6.07 Å². The molecule has 3 aromatic carbocycles. The maximum Gasteiger partial charge on any atom is 0.269 e. The van der Waals surface area contributed by atoms with Crippen LogP contribution in [0.15, 0.2) is 60.7 Å². The molecular weight excluding hydrogens is 443 g/mol. The second kappa shape index (κ2) is 9.78. The van der Waals surface area contributed by atoms with Crippen LogP contribution in [0.1, 0.15) is 27.5 Å². The highest BCUT2D eigenvalue weighted by Gasteiger charge is 2.34. The minimum Gasteiger partial charge on any atom is -0.493 e. The van der Waals surface area contributed by atoms with Gasteiger partial charge in [0.2, 0.25) is 0 Å². The number of carbonyl (C=O) groups is 1. The van der Waals surface area contributed by atoms with Gasteiger partial charge in [-0.25, -0.2) is 4.39 Å². The van der Waals surface area contributed by atoms with Gasteiger partial charge in [-0.05, 0) is 53.9 Å². The zero-order chi connectivity index (χ0) is 24.2. The number of benzene rings is 3. The van der Waals surface area contributed by atoms with Crippen molar-refractivity contribution in [2.75, 3.05) is 27.4 Å². The first-order valence-electron chi connectivity index (χ1n) is 10.6. The summed E-state index contributed by atoms with van der Waals surface area (Å²) in [4.78, 5) is 25.4. The summed E-state index contributed by atoms with van der Waals surface area (Å²) in [6, 6.07) is 14.7. The molecule has 0 aromatic heterocycles. The zero-order valence-electron chi connectivity index (χ0n) is 18.7. The SMILES string of the molecule is COc1cc2c(cc1OC)[C@@H](COc1ccc([N+](=O)[O-])cc1)N(C(=O)c1ccccc1F)CC2. The van der Waals surface area contributed by atoms with E-state index in [9.17, 15) is 19.3 Å². The third-order valence-corrected chi connectivity index (χ3v) is 5.82. The van der Waals surface area contributed by atoms with Gasteiger partial charge >= 0.3 is 0 Å². The number of nitro benzene ring substituents is 1. The third kappa shape index (κ3) is 4.50. The largest absolute Gasteiger partial charge is 0.493 e. The highest BCUT2D eigenvalue weighted by molar-refractivity contribution is 5.95. The van der Waals surface area contributed by atoms with Crippen LogP contribution in [0, 0.1) is 15.9 Å². The van der Waals surface area contributed by atoms with Gasteiger partial charge in [-0.1, -0.05) is 12.1 Å². The topological polar surface area (TPSA) is 91.1 Å². The first-order valence-corrected chi connectivity index (χ1v) is 10.6. The van der Waals surface area contributed by atoms with Crippen LogP contribution >= 0.6 is 0 Å². The van der Waals surface area contributed by atoms with Crippen LogP contribution in [-0.4, -0.2) is 43.1 Å². The maximum atomic E-state index is 14.4. The van der Waals surface area contributed by atoms with Gasteiger partial charge in [-0.3, -0.25) is 14.9 Å². The molecule has 9 heteroatoms. The fourth-order valence-electron chi connectivity index (χ4n) is 4.08. The second-order valence-corrected chi connectivity index (χ2v) is 7.71. The van der Waals surface area contributed by atoms with Crippen LogP contribution in [0.3, 0.4) is 0 Å². The Morgan fingerprint density at radius 2 is 1.76 bits per heavy atom. The van der Waals surface area contributed by atoms with E-state index >= 15 is 0 Å². The number of hydrogen-bond donors (Lipinski definition) is 0. The average molecular weight is 466 g/mol. The summed E-state index contributed by atoms with van der Waals surface area (Å²) in [6.07, 6.45) is 0.546. The fraction of sp³-hybridized carbons (Fsp3) is 0.240. The minimum absolute atomic E-state index is 0.0215. The molecule has 0 N–H and O–H groups in total. The van der Waals surface area contributed by atoms with Crippen LogP contribution < -0.4 is 14.2 Å². The molecule has 176 valence electrons. The van der Waals surface area contributed by atoms with E-state index in [2.05, 4.69) is 0 Å². The molecule has 0 unspecified atom stereocenters. The number of nitrogens with zero attached hydrogens (tertiary/aromatic N) is 2. The van der Waals surface area contributed by atoms with Crippen LogP contribution in [0.4, 0.5) is 10.1 Å². The molecule has 0 bridgehead atoms. The Morgan fingerprint density at radius 1 is 1.09 bits per heavy atom. The molecule has 1 aliphatic heterocycles. The van der Waals surface area contributed by atoms with Gasteiger partial charge in [0.05, 0.1) is 30.7 Å². The Balaban J connectivity index is 1.69. The number of halogens is 1. The first-order chi connectivity index (χ1) is 16.4. The van der Waals surface area contributed by atoms with Crippen molar-refractivity contribution in [1.82, 2.24) is 4.90 Å². The highest BCUT2D eigenvalue weighted by atomic mass is 19.1. The molecule has 1 aliphatic rings. The summed E-state index contributed by atoms with van der Waals surface area (Å²) < 4.78 is 31.2. The zero-order valence-corrected chi connectivity index (χ0v) is 18.7. The smallest absolute Gasteiger partial charge is 0.269 e. The molecule has 0 saturated heterocycles. The third-order valence-electron chi connectivity index (χ3n) is 5.82. The summed E-state index contributed by atoms with van der Waals surface area (Å²) in [5.41, 5.74) is 1.69. The van der Waals surface area contributed by atoms with Gasteiger partial charge in [0, 0.05) is 18.7 Å². The molecule has 0 spiro atoms. The van der Waals surface area contributed by atoms with E-state index in [0.717, 1.165) is 11.1 Å². The van der Waals surface area contributed by atoms with Gasteiger partial charge in [-0.2, -0.15) is 0 Å². The molecule has 8 nitrogen and oxygen atoms in total. The van der Waals surface area contributed by atoms with Crippen molar-refractivity contribution in [3.8, 4) is 17.2 Å².